The Kier molecular flexibility index (Phi) is 8.96. The predicted molar refractivity (Wildman–Crippen MR) is 79.2 cm³/mol. The average molecular weight is 288 g/mol. The first-order valence-electron chi connectivity index (χ1n) is 6.55. The van der Waals surface area contributed by atoms with E-state index in [0.717, 1.165) is 12.8 Å². The summed E-state index contributed by atoms with van der Waals surface area (Å²) in [5.41, 5.74) is 0.0397. The summed E-state index contributed by atoms with van der Waals surface area (Å²) in [6.07, 6.45) is 5.70. The molecule has 1 aromatic rings. The highest BCUT2D eigenvalue weighted by molar-refractivity contribution is 5.85. The molecule has 0 aliphatic carbocycles. The fourth-order valence-corrected chi connectivity index (χ4v) is 1.84. The topological polar surface area (TPSA) is 52.4 Å². The Morgan fingerprint density at radius 3 is 2.58 bits per heavy atom. The first kappa shape index (κ1) is 17.7. The van der Waals surface area contributed by atoms with Crippen LogP contribution in [-0.2, 0) is 0 Å². The molecule has 0 radical (unpaired) electrons. The molecule has 19 heavy (non-hydrogen) atoms. The molecule has 0 heterocycles. The molecule has 1 rings (SSSR count). The first-order chi connectivity index (χ1) is 8.65. The van der Waals surface area contributed by atoms with Crippen molar-refractivity contribution in [2.24, 2.45) is 0 Å². The van der Waals surface area contributed by atoms with Crippen molar-refractivity contribution in [3.63, 3.8) is 0 Å². The molecule has 0 fully saturated rings. The zero-order valence-electron chi connectivity index (χ0n) is 11.5. The molecule has 108 valence electrons. The van der Waals surface area contributed by atoms with Crippen LogP contribution in [0.2, 0.25) is 0 Å². The predicted octanol–water partition coefficient (Wildman–Crippen LogP) is 4.75. The lowest BCUT2D eigenvalue weighted by molar-refractivity contribution is -0.386. The minimum atomic E-state index is -0.404. The van der Waals surface area contributed by atoms with Crippen LogP contribution in [0.25, 0.3) is 0 Å². The van der Waals surface area contributed by atoms with Gasteiger partial charge in [-0.15, -0.1) is 12.4 Å². The lowest BCUT2D eigenvalue weighted by Crippen LogP contribution is -2.12. The van der Waals surface area contributed by atoms with Gasteiger partial charge < -0.3 is 4.74 Å². The van der Waals surface area contributed by atoms with E-state index in [0.29, 0.717) is 5.75 Å². The summed E-state index contributed by atoms with van der Waals surface area (Å²) in [5.74, 6) is 0.366. The number of para-hydroxylation sites is 2. The second-order valence-corrected chi connectivity index (χ2v) is 4.50. The van der Waals surface area contributed by atoms with Crippen molar-refractivity contribution in [1.29, 1.82) is 0 Å². The summed E-state index contributed by atoms with van der Waals surface area (Å²) in [6, 6.07) is 6.53. The third-order valence-corrected chi connectivity index (χ3v) is 2.85. The van der Waals surface area contributed by atoms with E-state index in [-0.39, 0.29) is 24.2 Å². The van der Waals surface area contributed by atoms with E-state index in [1.807, 2.05) is 6.92 Å². The second kappa shape index (κ2) is 9.62. The van der Waals surface area contributed by atoms with Gasteiger partial charge in [0.05, 0.1) is 11.0 Å². The molecule has 0 saturated carbocycles. The molecule has 0 aliphatic rings. The summed E-state index contributed by atoms with van der Waals surface area (Å²) in [5, 5.41) is 10.8. The maximum absolute atomic E-state index is 10.8. The number of hydrogen-bond donors (Lipinski definition) is 0. The van der Waals surface area contributed by atoms with Gasteiger partial charge in [-0.1, -0.05) is 38.3 Å². The van der Waals surface area contributed by atoms with E-state index in [2.05, 4.69) is 6.92 Å². The van der Waals surface area contributed by atoms with E-state index in [4.69, 9.17) is 4.74 Å². The highest BCUT2D eigenvalue weighted by atomic mass is 35.5. The molecule has 0 amide bonds. The largest absolute Gasteiger partial charge is 0.484 e. The van der Waals surface area contributed by atoms with E-state index < -0.39 is 4.92 Å². The zero-order valence-corrected chi connectivity index (χ0v) is 12.3. The number of nitro benzene ring substituents is 1. The molecule has 5 heteroatoms. The molecule has 1 aromatic carbocycles. The number of unbranched alkanes of at least 4 members (excludes halogenated alkanes) is 3. The summed E-state index contributed by atoms with van der Waals surface area (Å²) < 4.78 is 5.65. The van der Waals surface area contributed by atoms with Crippen LogP contribution in [-0.4, -0.2) is 11.0 Å². The normalized spacial score (nSPS) is 11.5. The van der Waals surface area contributed by atoms with Gasteiger partial charge in [0.15, 0.2) is 5.75 Å². The quantitative estimate of drug-likeness (QED) is 0.394. The monoisotopic (exact) mass is 287 g/mol. The Morgan fingerprint density at radius 2 is 1.95 bits per heavy atom. The van der Waals surface area contributed by atoms with Gasteiger partial charge in [0.25, 0.3) is 0 Å². The minimum absolute atomic E-state index is 0. The van der Waals surface area contributed by atoms with Crippen LogP contribution in [0.3, 0.4) is 0 Å². The number of benzene rings is 1. The molecule has 1 atom stereocenters. The summed E-state index contributed by atoms with van der Waals surface area (Å²) in [6.45, 7) is 4.13. The van der Waals surface area contributed by atoms with Gasteiger partial charge >= 0.3 is 5.69 Å². The minimum Gasteiger partial charge on any atom is -0.484 e. The fourth-order valence-electron chi connectivity index (χ4n) is 1.84. The van der Waals surface area contributed by atoms with Gasteiger partial charge in [-0.3, -0.25) is 10.1 Å². The van der Waals surface area contributed by atoms with Gasteiger partial charge in [0.1, 0.15) is 0 Å². The summed E-state index contributed by atoms with van der Waals surface area (Å²) >= 11 is 0. The molecule has 0 N–H and O–H groups in total. The Morgan fingerprint density at radius 1 is 1.26 bits per heavy atom. The molecule has 0 aromatic heterocycles. The highest BCUT2D eigenvalue weighted by Crippen LogP contribution is 2.27. The fraction of sp³-hybridized carbons (Fsp3) is 0.571. The molecule has 0 unspecified atom stereocenters. The van der Waals surface area contributed by atoms with Crippen LogP contribution in [0.15, 0.2) is 24.3 Å². The lowest BCUT2D eigenvalue weighted by atomic mass is 10.1. The van der Waals surface area contributed by atoms with Crippen LogP contribution in [0.1, 0.15) is 46.0 Å². The number of rotatable bonds is 8. The Balaban J connectivity index is 0.00000324. The molecule has 0 aliphatic heterocycles. The van der Waals surface area contributed by atoms with Crippen molar-refractivity contribution >= 4 is 18.1 Å². The zero-order chi connectivity index (χ0) is 13.4. The van der Waals surface area contributed by atoms with Crippen molar-refractivity contribution in [2.75, 3.05) is 0 Å². The molecule has 0 saturated heterocycles. The van der Waals surface area contributed by atoms with Crippen LogP contribution in [0.5, 0.6) is 5.75 Å². The van der Waals surface area contributed by atoms with E-state index in [1.54, 1.807) is 18.2 Å². The summed E-state index contributed by atoms with van der Waals surface area (Å²) in [7, 11) is 0. The van der Waals surface area contributed by atoms with Crippen molar-refractivity contribution in [3.8, 4) is 5.75 Å². The second-order valence-electron chi connectivity index (χ2n) is 4.50. The number of ether oxygens (including phenoxy) is 1. The maximum atomic E-state index is 10.8. The van der Waals surface area contributed by atoms with E-state index in [1.165, 1.54) is 25.3 Å². The molecule has 0 spiro atoms. The van der Waals surface area contributed by atoms with Crippen LogP contribution < -0.4 is 4.74 Å². The van der Waals surface area contributed by atoms with Crippen molar-refractivity contribution in [1.82, 2.24) is 0 Å². The first-order valence-corrected chi connectivity index (χ1v) is 6.55. The van der Waals surface area contributed by atoms with Crippen molar-refractivity contribution in [2.45, 2.75) is 52.1 Å². The van der Waals surface area contributed by atoms with Gasteiger partial charge in [0, 0.05) is 6.07 Å². The maximum Gasteiger partial charge on any atom is 0.310 e. The molecule has 0 bridgehead atoms. The number of nitrogens with zero attached hydrogens (tertiary/aromatic N) is 1. The average Bonchev–Trinajstić information content (AvgIpc) is 2.35. The van der Waals surface area contributed by atoms with E-state index >= 15 is 0 Å². The SMILES string of the molecule is CCCCCC[C@H](C)Oc1ccccc1[N+](=O)[O-].Cl. The third-order valence-electron chi connectivity index (χ3n) is 2.85. The smallest absolute Gasteiger partial charge is 0.310 e. The number of hydrogen-bond acceptors (Lipinski definition) is 3. The van der Waals surface area contributed by atoms with Gasteiger partial charge in [-0.25, -0.2) is 0 Å². The van der Waals surface area contributed by atoms with Gasteiger partial charge in [-0.2, -0.15) is 0 Å². The standard InChI is InChI=1S/C14H21NO3.ClH/c1-3-4-5-6-9-12(2)18-14-11-8-7-10-13(14)15(16)17;/h7-8,10-12H,3-6,9H2,1-2H3;1H/t12-;/m0./s1. The van der Waals surface area contributed by atoms with Crippen molar-refractivity contribution < 1.29 is 9.66 Å². The summed E-state index contributed by atoms with van der Waals surface area (Å²) in [4.78, 5) is 10.4. The van der Waals surface area contributed by atoms with E-state index in [9.17, 15) is 10.1 Å². The van der Waals surface area contributed by atoms with Gasteiger partial charge in [0.2, 0.25) is 0 Å². The van der Waals surface area contributed by atoms with Crippen LogP contribution >= 0.6 is 12.4 Å². The lowest BCUT2D eigenvalue weighted by Gasteiger charge is -2.14. The molecule has 4 nitrogen and oxygen atoms in total. The molecular weight excluding hydrogens is 266 g/mol. The Bertz CT molecular complexity index is 385. The van der Waals surface area contributed by atoms with Crippen LogP contribution in [0, 0.1) is 10.1 Å². The highest BCUT2D eigenvalue weighted by Gasteiger charge is 2.15. The Hall–Kier alpha value is -1.29. The van der Waals surface area contributed by atoms with Gasteiger partial charge in [-0.05, 0) is 25.8 Å². The number of nitro groups is 1. The third kappa shape index (κ3) is 6.43. The molecular formula is C14H22ClNO3. The number of halogens is 1. The van der Waals surface area contributed by atoms with Crippen LogP contribution in [0.4, 0.5) is 5.69 Å². The Labute approximate surface area is 120 Å². The van der Waals surface area contributed by atoms with Crippen molar-refractivity contribution in [3.05, 3.63) is 34.4 Å².